The zero-order valence-electron chi connectivity index (χ0n) is 15.3. The highest BCUT2D eigenvalue weighted by atomic mass is 32.2. The normalized spacial score (nSPS) is 19.8. The van der Waals surface area contributed by atoms with E-state index >= 15 is 0 Å². The molecule has 0 bridgehead atoms. The van der Waals surface area contributed by atoms with Crippen LogP contribution in [0.4, 0.5) is 0 Å². The van der Waals surface area contributed by atoms with Gasteiger partial charge >= 0.3 is 0 Å². The highest BCUT2D eigenvalue weighted by Gasteiger charge is 2.22. The molecular weight excluding hydrogens is 346 g/mol. The van der Waals surface area contributed by atoms with Crippen molar-refractivity contribution in [1.82, 2.24) is 9.55 Å². The van der Waals surface area contributed by atoms with Gasteiger partial charge in [-0.3, -0.25) is 9.36 Å². The largest absolute Gasteiger partial charge is 0.370 e. The van der Waals surface area contributed by atoms with Gasteiger partial charge in [0.05, 0.1) is 36.4 Å². The van der Waals surface area contributed by atoms with Crippen LogP contribution in [0.25, 0.3) is 10.9 Å². The fraction of sp³-hybridized carbons (Fsp3) is 0.600. The van der Waals surface area contributed by atoms with Crippen molar-refractivity contribution in [3.8, 4) is 0 Å². The molecule has 6 heteroatoms. The molecule has 0 radical (unpaired) electrons. The summed E-state index contributed by atoms with van der Waals surface area (Å²) in [6.45, 7) is 4.99. The van der Waals surface area contributed by atoms with E-state index in [1.807, 2.05) is 28.8 Å². The molecular formula is C20H28N3O2S+. The molecule has 1 saturated carbocycles. The first-order valence-electron chi connectivity index (χ1n) is 9.88. The van der Waals surface area contributed by atoms with Crippen molar-refractivity contribution in [2.75, 3.05) is 38.6 Å². The van der Waals surface area contributed by atoms with Crippen molar-refractivity contribution >= 4 is 22.7 Å². The first-order valence-corrected chi connectivity index (χ1v) is 10.9. The highest BCUT2D eigenvalue weighted by Crippen LogP contribution is 2.30. The molecule has 0 unspecified atom stereocenters. The molecule has 2 fully saturated rings. The van der Waals surface area contributed by atoms with E-state index in [1.54, 1.807) is 16.7 Å². The number of benzene rings is 1. The fourth-order valence-corrected chi connectivity index (χ4v) is 5.19. The minimum atomic E-state index is 0.142. The number of aromatic nitrogens is 2. The number of fused-ring (bicyclic) bond motifs is 1. The molecule has 2 aromatic rings. The summed E-state index contributed by atoms with van der Waals surface area (Å²) in [5.41, 5.74) is 0.967. The fourth-order valence-electron chi connectivity index (χ4n) is 4.09. The quantitative estimate of drug-likeness (QED) is 0.642. The average Bonchev–Trinajstić information content (AvgIpc) is 2.70. The lowest BCUT2D eigenvalue weighted by Gasteiger charge is -2.27. The number of nitrogens with one attached hydrogen (secondary N) is 1. The van der Waals surface area contributed by atoms with Gasteiger partial charge in [-0.15, -0.1) is 0 Å². The van der Waals surface area contributed by atoms with Crippen LogP contribution in [0.15, 0.2) is 34.2 Å². The second-order valence-corrected chi connectivity index (χ2v) is 8.40. The van der Waals surface area contributed by atoms with E-state index in [0.29, 0.717) is 6.04 Å². The number of hydrogen-bond acceptors (Lipinski definition) is 4. The van der Waals surface area contributed by atoms with E-state index in [9.17, 15) is 4.79 Å². The molecule has 1 aliphatic carbocycles. The number of morpholine rings is 1. The number of quaternary nitrogens is 1. The number of thioether (sulfide) groups is 1. The molecule has 26 heavy (non-hydrogen) atoms. The molecule has 1 aromatic carbocycles. The number of nitrogens with zero attached hydrogens (tertiary/aromatic N) is 2. The molecule has 0 amide bonds. The summed E-state index contributed by atoms with van der Waals surface area (Å²) in [4.78, 5) is 19.7. The minimum Gasteiger partial charge on any atom is -0.370 e. The van der Waals surface area contributed by atoms with E-state index in [0.717, 1.165) is 67.5 Å². The zero-order valence-corrected chi connectivity index (χ0v) is 16.1. The SMILES string of the molecule is O=c1c2ccccc2nc(SCC[NH+]2CCOCC2)n1C1CCCCC1. The lowest BCUT2D eigenvalue weighted by atomic mass is 9.95. The third kappa shape index (κ3) is 3.97. The van der Waals surface area contributed by atoms with Gasteiger partial charge in [-0.2, -0.15) is 0 Å². The van der Waals surface area contributed by atoms with Crippen LogP contribution in [-0.4, -0.2) is 48.2 Å². The van der Waals surface area contributed by atoms with E-state index in [2.05, 4.69) is 0 Å². The zero-order chi connectivity index (χ0) is 17.8. The highest BCUT2D eigenvalue weighted by molar-refractivity contribution is 7.99. The summed E-state index contributed by atoms with van der Waals surface area (Å²) in [6, 6.07) is 8.08. The van der Waals surface area contributed by atoms with Crippen LogP contribution >= 0.6 is 11.8 Å². The predicted molar refractivity (Wildman–Crippen MR) is 105 cm³/mol. The first kappa shape index (κ1) is 18.0. The third-order valence-electron chi connectivity index (χ3n) is 5.60. The Balaban J connectivity index is 1.59. The molecule has 4 rings (SSSR count). The summed E-state index contributed by atoms with van der Waals surface area (Å²) >= 11 is 1.75. The summed E-state index contributed by atoms with van der Waals surface area (Å²) in [5, 5.41) is 1.66. The standard InChI is InChI=1S/C20H27N3O2S/c24-19-17-8-4-5-9-18(17)21-20(23(19)16-6-2-1-3-7-16)26-15-12-22-10-13-25-14-11-22/h4-5,8-9,16H,1-3,6-7,10-15H2/p+1. The van der Waals surface area contributed by atoms with Crippen molar-refractivity contribution in [1.29, 1.82) is 0 Å². The van der Waals surface area contributed by atoms with Crippen LogP contribution in [0.2, 0.25) is 0 Å². The monoisotopic (exact) mass is 374 g/mol. The van der Waals surface area contributed by atoms with Crippen molar-refractivity contribution in [3.05, 3.63) is 34.6 Å². The molecule has 5 nitrogen and oxygen atoms in total. The second kappa shape index (κ2) is 8.55. The molecule has 1 aromatic heterocycles. The minimum absolute atomic E-state index is 0.142. The molecule has 0 spiro atoms. The Labute approximate surface area is 158 Å². The second-order valence-electron chi connectivity index (χ2n) is 7.34. The van der Waals surface area contributed by atoms with Crippen LogP contribution in [0.1, 0.15) is 38.1 Å². The summed E-state index contributed by atoms with van der Waals surface area (Å²) < 4.78 is 7.46. The maximum Gasteiger partial charge on any atom is 0.262 e. The Morgan fingerprint density at radius 1 is 1.15 bits per heavy atom. The van der Waals surface area contributed by atoms with Crippen molar-refractivity contribution in [2.45, 2.75) is 43.3 Å². The molecule has 1 N–H and O–H groups in total. The lowest BCUT2D eigenvalue weighted by Crippen LogP contribution is -3.14. The topological polar surface area (TPSA) is 48.6 Å². The smallest absolute Gasteiger partial charge is 0.262 e. The number of para-hydroxylation sites is 1. The predicted octanol–water partition coefficient (Wildman–Crippen LogP) is 1.91. The van der Waals surface area contributed by atoms with Crippen LogP contribution < -0.4 is 10.5 Å². The van der Waals surface area contributed by atoms with E-state index in [-0.39, 0.29) is 5.56 Å². The van der Waals surface area contributed by atoms with Crippen LogP contribution in [-0.2, 0) is 4.74 Å². The Bertz CT molecular complexity index is 795. The molecule has 140 valence electrons. The molecule has 2 aliphatic rings. The number of ether oxygens (including phenoxy) is 1. The van der Waals surface area contributed by atoms with Gasteiger partial charge in [0.1, 0.15) is 13.1 Å². The van der Waals surface area contributed by atoms with Gasteiger partial charge in [-0.05, 0) is 25.0 Å². The average molecular weight is 375 g/mol. The van der Waals surface area contributed by atoms with E-state index < -0.39 is 0 Å². The number of hydrogen-bond donors (Lipinski definition) is 1. The molecule has 2 heterocycles. The molecule has 1 saturated heterocycles. The maximum atomic E-state index is 13.2. The summed E-state index contributed by atoms with van der Waals surface area (Å²) in [5.74, 6) is 0.993. The van der Waals surface area contributed by atoms with Gasteiger partial charge in [0.25, 0.3) is 5.56 Å². The maximum absolute atomic E-state index is 13.2. The third-order valence-corrected chi connectivity index (χ3v) is 6.56. The molecule has 1 aliphatic heterocycles. The van der Waals surface area contributed by atoms with Crippen molar-refractivity contribution < 1.29 is 9.64 Å². The molecule has 0 atom stereocenters. The van der Waals surface area contributed by atoms with Crippen LogP contribution in [0.3, 0.4) is 0 Å². The Hall–Kier alpha value is -1.37. The van der Waals surface area contributed by atoms with Crippen LogP contribution in [0, 0.1) is 0 Å². The van der Waals surface area contributed by atoms with E-state index in [4.69, 9.17) is 9.72 Å². The van der Waals surface area contributed by atoms with Gasteiger partial charge in [-0.25, -0.2) is 4.98 Å². The van der Waals surface area contributed by atoms with Gasteiger partial charge in [-0.1, -0.05) is 43.2 Å². The van der Waals surface area contributed by atoms with Gasteiger partial charge in [0.2, 0.25) is 0 Å². The number of rotatable bonds is 5. The Morgan fingerprint density at radius 2 is 1.92 bits per heavy atom. The lowest BCUT2D eigenvalue weighted by molar-refractivity contribution is -0.905. The van der Waals surface area contributed by atoms with Crippen molar-refractivity contribution in [3.63, 3.8) is 0 Å². The van der Waals surface area contributed by atoms with E-state index in [1.165, 1.54) is 19.3 Å². The first-order chi connectivity index (χ1) is 12.8. The van der Waals surface area contributed by atoms with Gasteiger partial charge < -0.3 is 9.64 Å². The Morgan fingerprint density at radius 3 is 2.73 bits per heavy atom. The summed E-state index contributed by atoms with van der Waals surface area (Å²) in [6.07, 6.45) is 5.91. The Kier molecular flexibility index (Phi) is 5.92. The van der Waals surface area contributed by atoms with Crippen LogP contribution in [0.5, 0.6) is 0 Å². The summed E-state index contributed by atoms with van der Waals surface area (Å²) in [7, 11) is 0. The van der Waals surface area contributed by atoms with Gasteiger partial charge in [0.15, 0.2) is 5.16 Å². The van der Waals surface area contributed by atoms with Crippen molar-refractivity contribution in [2.24, 2.45) is 0 Å². The van der Waals surface area contributed by atoms with Gasteiger partial charge in [0, 0.05) is 6.04 Å².